The van der Waals surface area contributed by atoms with E-state index in [2.05, 4.69) is 26.0 Å². The fourth-order valence-electron chi connectivity index (χ4n) is 2.82. The van der Waals surface area contributed by atoms with Crippen molar-refractivity contribution in [3.05, 3.63) is 12.2 Å². The lowest BCUT2D eigenvalue weighted by molar-refractivity contribution is -0.0318. The van der Waals surface area contributed by atoms with Crippen molar-refractivity contribution in [1.29, 1.82) is 0 Å². The van der Waals surface area contributed by atoms with Gasteiger partial charge in [0.25, 0.3) is 0 Å². The summed E-state index contributed by atoms with van der Waals surface area (Å²) in [5.41, 5.74) is 0. The molecule has 1 N–H and O–H groups in total. The highest BCUT2D eigenvalue weighted by Crippen LogP contribution is 2.14. The quantitative estimate of drug-likeness (QED) is 0.247. The molecular weight excluding hydrogens is 284 g/mol. The number of aliphatic hydroxyl groups is 1. The van der Waals surface area contributed by atoms with Crippen molar-refractivity contribution in [2.24, 2.45) is 0 Å². The van der Waals surface area contributed by atoms with Gasteiger partial charge < -0.3 is 9.84 Å². The van der Waals surface area contributed by atoms with Crippen molar-refractivity contribution in [2.45, 2.75) is 116 Å². The Labute approximate surface area is 145 Å². The molecule has 0 rings (SSSR count). The molecule has 0 aliphatic heterocycles. The monoisotopic (exact) mass is 326 g/mol. The molecule has 0 saturated carbocycles. The predicted octanol–water partition coefficient (Wildman–Crippen LogP) is 6.42. The van der Waals surface area contributed by atoms with Gasteiger partial charge in [-0.25, -0.2) is 0 Å². The van der Waals surface area contributed by atoms with Gasteiger partial charge in [-0.05, 0) is 32.6 Å². The van der Waals surface area contributed by atoms with Crippen LogP contribution >= 0.6 is 0 Å². The standard InChI is InChI=1S/C21H42O2/c1-4-6-8-10-11-12-13-14-16-18-21(23-20(3)19-22)17-15-9-7-5-2/h14,16,20-22H,4-13,15,17-19H2,1-3H3/b16-14-. The normalized spacial score (nSPS) is 14.4. The minimum Gasteiger partial charge on any atom is -0.394 e. The summed E-state index contributed by atoms with van der Waals surface area (Å²) in [6.45, 7) is 6.58. The van der Waals surface area contributed by atoms with E-state index in [4.69, 9.17) is 4.74 Å². The molecule has 2 atom stereocenters. The molecule has 0 spiro atoms. The summed E-state index contributed by atoms with van der Waals surface area (Å²) in [5.74, 6) is 0. The van der Waals surface area contributed by atoms with E-state index in [1.54, 1.807) is 0 Å². The average Bonchev–Trinajstić information content (AvgIpc) is 2.56. The number of aliphatic hydroxyl groups excluding tert-OH is 1. The summed E-state index contributed by atoms with van der Waals surface area (Å²) >= 11 is 0. The zero-order valence-corrected chi connectivity index (χ0v) is 16.1. The predicted molar refractivity (Wildman–Crippen MR) is 102 cm³/mol. The van der Waals surface area contributed by atoms with Crippen molar-refractivity contribution >= 4 is 0 Å². The third-order valence-electron chi connectivity index (χ3n) is 4.35. The van der Waals surface area contributed by atoms with Crippen LogP contribution in [-0.2, 0) is 4.74 Å². The highest BCUT2D eigenvalue weighted by Gasteiger charge is 2.11. The zero-order chi connectivity index (χ0) is 17.2. The van der Waals surface area contributed by atoms with Gasteiger partial charge in [-0.1, -0.05) is 83.8 Å². The molecule has 0 aromatic rings. The number of unbranched alkanes of at least 4 members (excludes halogenated alkanes) is 9. The molecule has 0 amide bonds. The van der Waals surface area contributed by atoms with Crippen molar-refractivity contribution in [3.63, 3.8) is 0 Å². The van der Waals surface area contributed by atoms with Crippen molar-refractivity contribution < 1.29 is 9.84 Å². The Bertz CT molecular complexity index is 250. The Hall–Kier alpha value is -0.340. The van der Waals surface area contributed by atoms with Crippen molar-refractivity contribution in [2.75, 3.05) is 6.61 Å². The highest BCUT2D eigenvalue weighted by molar-refractivity contribution is 4.85. The van der Waals surface area contributed by atoms with E-state index >= 15 is 0 Å². The van der Waals surface area contributed by atoms with Gasteiger partial charge in [0.05, 0.1) is 18.8 Å². The lowest BCUT2D eigenvalue weighted by Crippen LogP contribution is -2.22. The van der Waals surface area contributed by atoms with Crippen LogP contribution in [0.25, 0.3) is 0 Å². The van der Waals surface area contributed by atoms with E-state index in [9.17, 15) is 5.11 Å². The second-order valence-corrected chi connectivity index (χ2v) is 6.86. The second-order valence-electron chi connectivity index (χ2n) is 6.86. The van der Waals surface area contributed by atoms with Crippen LogP contribution in [0.4, 0.5) is 0 Å². The number of hydrogen-bond acceptors (Lipinski definition) is 2. The maximum Gasteiger partial charge on any atom is 0.0781 e. The summed E-state index contributed by atoms with van der Waals surface area (Å²) in [4.78, 5) is 0. The molecule has 0 fully saturated rings. The molecule has 0 aromatic heterocycles. The number of ether oxygens (including phenoxy) is 1. The summed E-state index contributed by atoms with van der Waals surface area (Å²) < 4.78 is 5.95. The summed E-state index contributed by atoms with van der Waals surface area (Å²) in [7, 11) is 0. The van der Waals surface area contributed by atoms with Gasteiger partial charge in [0, 0.05) is 0 Å². The molecule has 0 aromatic carbocycles. The number of rotatable bonds is 17. The molecule has 23 heavy (non-hydrogen) atoms. The van der Waals surface area contributed by atoms with Crippen LogP contribution in [-0.4, -0.2) is 23.9 Å². The van der Waals surface area contributed by atoms with Crippen LogP contribution in [0.5, 0.6) is 0 Å². The van der Waals surface area contributed by atoms with Crippen molar-refractivity contribution in [3.8, 4) is 0 Å². The smallest absolute Gasteiger partial charge is 0.0781 e. The van der Waals surface area contributed by atoms with Gasteiger partial charge in [0.1, 0.15) is 0 Å². The van der Waals surface area contributed by atoms with Crippen LogP contribution < -0.4 is 0 Å². The van der Waals surface area contributed by atoms with Crippen LogP contribution in [0.3, 0.4) is 0 Å². The van der Waals surface area contributed by atoms with E-state index in [1.807, 2.05) is 6.92 Å². The Balaban J connectivity index is 3.80. The van der Waals surface area contributed by atoms with Gasteiger partial charge >= 0.3 is 0 Å². The van der Waals surface area contributed by atoms with Crippen LogP contribution in [0.15, 0.2) is 12.2 Å². The van der Waals surface area contributed by atoms with E-state index < -0.39 is 0 Å². The topological polar surface area (TPSA) is 29.5 Å². The lowest BCUT2D eigenvalue weighted by atomic mass is 10.1. The first-order valence-electron chi connectivity index (χ1n) is 10.2. The van der Waals surface area contributed by atoms with Gasteiger partial charge in [-0.2, -0.15) is 0 Å². The molecular formula is C21H42O2. The molecule has 2 heteroatoms. The minimum atomic E-state index is -0.0434. The fraction of sp³-hybridized carbons (Fsp3) is 0.905. The summed E-state index contributed by atoms with van der Waals surface area (Å²) in [6, 6.07) is 0. The molecule has 2 nitrogen and oxygen atoms in total. The van der Waals surface area contributed by atoms with Crippen molar-refractivity contribution in [1.82, 2.24) is 0 Å². The van der Waals surface area contributed by atoms with E-state index in [-0.39, 0.29) is 18.8 Å². The third kappa shape index (κ3) is 16.3. The molecule has 0 radical (unpaired) electrons. The molecule has 0 aliphatic rings. The first-order chi connectivity index (χ1) is 11.2. The lowest BCUT2D eigenvalue weighted by Gasteiger charge is -2.20. The molecule has 0 aliphatic carbocycles. The van der Waals surface area contributed by atoms with E-state index in [0.29, 0.717) is 0 Å². The molecule has 0 heterocycles. The Morgan fingerprint density at radius 3 is 2.09 bits per heavy atom. The molecule has 0 saturated heterocycles. The summed E-state index contributed by atoms with van der Waals surface area (Å²) in [5, 5.41) is 9.18. The number of hydrogen-bond donors (Lipinski definition) is 1. The second kappa shape index (κ2) is 18.0. The Morgan fingerprint density at radius 2 is 1.43 bits per heavy atom. The SMILES string of the molecule is CCCCCCCC/C=C\CC(CCCCCC)OC(C)CO. The maximum absolute atomic E-state index is 9.18. The van der Waals surface area contributed by atoms with E-state index in [0.717, 1.165) is 12.8 Å². The van der Waals surface area contributed by atoms with Gasteiger partial charge in [-0.15, -0.1) is 0 Å². The fourth-order valence-corrected chi connectivity index (χ4v) is 2.82. The molecule has 0 bridgehead atoms. The van der Waals surface area contributed by atoms with Gasteiger partial charge in [-0.3, -0.25) is 0 Å². The average molecular weight is 327 g/mol. The molecule has 138 valence electrons. The minimum absolute atomic E-state index is 0.0434. The van der Waals surface area contributed by atoms with Gasteiger partial charge in [0.2, 0.25) is 0 Å². The van der Waals surface area contributed by atoms with E-state index in [1.165, 1.54) is 70.6 Å². The Kier molecular flexibility index (Phi) is 17.7. The first-order valence-corrected chi connectivity index (χ1v) is 10.2. The largest absolute Gasteiger partial charge is 0.394 e. The summed E-state index contributed by atoms with van der Waals surface area (Å²) in [6.07, 6.45) is 21.5. The highest BCUT2D eigenvalue weighted by atomic mass is 16.5. The van der Waals surface area contributed by atoms with Crippen LogP contribution in [0.1, 0.15) is 104 Å². The maximum atomic E-state index is 9.18. The number of allylic oxidation sites excluding steroid dienone is 1. The molecule has 2 unspecified atom stereocenters. The Morgan fingerprint density at radius 1 is 0.826 bits per heavy atom. The van der Waals surface area contributed by atoms with Crippen LogP contribution in [0, 0.1) is 0 Å². The zero-order valence-electron chi connectivity index (χ0n) is 16.1. The first kappa shape index (κ1) is 22.7. The third-order valence-corrected chi connectivity index (χ3v) is 4.35. The van der Waals surface area contributed by atoms with Gasteiger partial charge in [0.15, 0.2) is 0 Å². The van der Waals surface area contributed by atoms with Crippen LogP contribution in [0.2, 0.25) is 0 Å².